The lowest BCUT2D eigenvalue weighted by Gasteiger charge is -2.18. The van der Waals surface area contributed by atoms with Gasteiger partial charge in [-0.15, -0.1) is 0 Å². The van der Waals surface area contributed by atoms with E-state index in [0.29, 0.717) is 12.0 Å². The highest BCUT2D eigenvalue weighted by Gasteiger charge is 2.32. The Morgan fingerprint density at radius 3 is 2.48 bits per heavy atom. The molecule has 0 atom stereocenters. The van der Waals surface area contributed by atoms with Crippen molar-refractivity contribution >= 4 is 6.29 Å². The Hall–Kier alpha value is -2.43. The summed E-state index contributed by atoms with van der Waals surface area (Å²) in [5, 5.41) is 0. The molecule has 0 spiro atoms. The van der Waals surface area contributed by atoms with Gasteiger partial charge in [0.05, 0.1) is 12.7 Å². The number of rotatable bonds is 6. The molecule has 0 fully saturated rings. The molecule has 0 unspecified atom stereocenters. The van der Waals surface area contributed by atoms with Crippen LogP contribution in [0.4, 0.5) is 8.78 Å². The quantitative estimate of drug-likeness (QED) is 0.762. The Labute approximate surface area is 121 Å². The van der Waals surface area contributed by atoms with Crippen molar-refractivity contribution in [2.24, 2.45) is 0 Å². The molecule has 0 saturated carbocycles. The summed E-state index contributed by atoms with van der Waals surface area (Å²) in [5.74, 6) is -2.65. The molecule has 0 N–H and O–H groups in total. The minimum atomic E-state index is -3.15. The zero-order valence-corrected chi connectivity index (χ0v) is 11.4. The zero-order chi connectivity index (χ0) is 15.3. The number of alkyl halides is 2. The molecule has 2 rings (SSSR count). The van der Waals surface area contributed by atoms with Crippen LogP contribution in [0.2, 0.25) is 0 Å². The first-order chi connectivity index (χ1) is 10.1. The van der Waals surface area contributed by atoms with E-state index in [-0.39, 0.29) is 16.9 Å². The third-order valence-electron chi connectivity index (χ3n) is 2.95. The van der Waals surface area contributed by atoms with Crippen LogP contribution in [0.5, 0.6) is 11.5 Å². The minimum absolute atomic E-state index is 0.0694. The summed E-state index contributed by atoms with van der Waals surface area (Å²) < 4.78 is 38.1. The van der Waals surface area contributed by atoms with Crippen LogP contribution in [-0.4, -0.2) is 20.0 Å². The molecule has 5 heteroatoms. The van der Waals surface area contributed by atoms with Crippen LogP contribution in [-0.2, 0) is 5.92 Å². The van der Waals surface area contributed by atoms with Crippen LogP contribution in [0.15, 0.2) is 48.5 Å². The predicted molar refractivity (Wildman–Crippen MR) is 74.2 cm³/mol. The molecule has 0 aliphatic carbocycles. The van der Waals surface area contributed by atoms with Crippen LogP contribution < -0.4 is 9.47 Å². The number of hydrogen-bond acceptors (Lipinski definition) is 3. The van der Waals surface area contributed by atoms with E-state index < -0.39 is 12.5 Å². The molecule has 2 aromatic carbocycles. The van der Waals surface area contributed by atoms with E-state index >= 15 is 0 Å². The third-order valence-corrected chi connectivity index (χ3v) is 2.95. The molecule has 0 aromatic heterocycles. The normalized spacial score (nSPS) is 11.0. The van der Waals surface area contributed by atoms with Crippen LogP contribution in [0.3, 0.4) is 0 Å². The largest absolute Gasteiger partial charge is 0.497 e. The van der Waals surface area contributed by atoms with Gasteiger partial charge in [0.1, 0.15) is 11.5 Å². The zero-order valence-electron chi connectivity index (χ0n) is 11.4. The standard InChI is InChI=1S/C16H14F2O3/c1-20-14-8-7-12(10-19)15(9-14)21-11-16(17,18)13-5-3-2-4-6-13/h2-10H,11H2,1H3. The van der Waals surface area contributed by atoms with Gasteiger partial charge in [-0.1, -0.05) is 30.3 Å². The van der Waals surface area contributed by atoms with E-state index in [1.807, 2.05) is 0 Å². The summed E-state index contributed by atoms with van der Waals surface area (Å²) >= 11 is 0. The summed E-state index contributed by atoms with van der Waals surface area (Å²) in [7, 11) is 1.44. The molecule has 0 saturated heterocycles. The van der Waals surface area contributed by atoms with Gasteiger partial charge in [0.25, 0.3) is 0 Å². The second-order valence-corrected chi connectivity index (χ2v) is 4.38. The number of ether oxygens (including phenoxy) is 2. The first-order valence-corrected chi connectivity index (χ1v) is 6.26. The molecule has 110 valence electrons. The Morgan fingerprint density at radius 1 is 1.14 bits per heavy atom. The number of halogens is 2. The third kappa shape index (κ3) is 3.56. The molecular formula is C16H14F2O3. The van der Waals surface area contributed by atoms with Crippen molar-refractivity contribution in [3.63, 3.8) is 0 Å². The monoisotopic (exact) mass is 292 g/mol. The molecule has 0 bridgehead atoms. The Bertz CT molecular complexity index is 612. The molecule has 0 heterocycles. The van der Waals surface area contributed by atoms with Gasteiger partial charge in [0, 0.05) is 11.6 Å². The van der Waals surface area contributed by atoms with E-state index in [0.717, 1.165) is 0 Å². The summed E-state index contributed by atoms with van der Waals surface area (Å²) in [6.07, 6.45) is 0.551. The van der Waals surface area contributed by atoms with Gasteiger partial charge in [-0.05, 0) is 12.1 Å². The van der Waals surface area contributed by atoms with Crippen molar-refractivity contribution in [2.45, 2.75) is 5.92 Å². The minimum Gasteiger partial charge on any atom is -0.497 e. The van der Waals surface area contributed by atoms with E-state index in [1.165, 1.54) is 43.5 Å². The lowest BCUT2D eigenvalue weighted by molar-refractivity contribution is -0.0468. The van der Waals surface area contributed by atoms with Crippen molar-refractivity contribution in [1.29, 1.82) is 0 Å². The molecular weight excluding hydrogens is 278 g/mol. The number of carbonyl (C=O) groups is 1. The molecule has 0 amide bonds. The van der Waals surface area contributed by atoms with E-state index in [4.69, 9.17) is 9.47 Å². The second kappa shape index (κ2) is 6.35. The molecule has 0 aliphatic rings. The van der Waals surface area contributed by atoms with Gasteiger partial charge >= 0.3 is 5.92 Å². The highest BCUT2D eigenvalue weighted by Crippen LogP contribution is 2.30. The van der Waals surface area contributed by atoms with Gasteiger partial charge < -0.3 is 9.47 Å². The lowest BCUT2D eigenvalue weighted by Crippen LogP contribution is -2.23. The van der Waals surface area contributed by atoms with Gasteiger partial charge in [-0.25, -0.2) is 0 Å². The van der Waals surface area contributed by atoms with E-state index in [2.05, 4.69) is 0 Å². The van der Waals surface area contributed by atoms with Crippen molar-refractivity contribution in [3.8, 4) is 11.5 Å². The highest BCUT2D eigenvalue weighted by atomic mass is 19.3. The number of hydrogen-bond donors (Lipinski definition) is 0. The van der Waals surface area contributed by atoms with Crippen LogP contribution in [0.25, 0.3) is 0 Å². The molecule has 0 aliphatic heterocycles. The fraction of sp³-hybridized carbons (Fsp3) is 0.188. The summed E-state index contributed by atoms with van der Waals surface area (Å²) in [6, 6.07) is 11.8. The maximum absolute atomic E-state index is 14.0. The number of aldehydes is 1. The fourth-order valence-electron chi connectivity index (χ4n) is 1.80. The molecule has 3 nitrogen and oxygen atoms in total. The smallest absolute Gasteiger partial charge is 0.306 e. The summed E-state index contributed by atoms with van der Waals surface area (Å²) in [5.41, 5.74) is 0.0558. The number of methoxy groups -OCH3 is 1. The van der Waals surface area contributed by atoms with Crippen molar-refractivity contribution in [2.75, 3.05) is 13.7 Å². The van der Waals surface area contributed by atoms with Crippen molar-refractivity contribution in [1.82, 2.24) is 0 Å². The maximum Gasteiger partial charge on any atom is 0.306 e. The first-order valence-electron chi connectivity index (χ1n) is 6.26. The topological polar surface area (TPSA) is 35.5 Å². The van der Waals surface area contributed by atoms with E-state index in [1.54, 1.807) is 12.1 Å². The van der Waals surface area contributed by atoms with Gasteiger partial charge in [0.2, 0.25) is 0 Å². The average Bonchev–Trinajstić information content (AvgIpc) is 2.53. The van der Waals surface area contributed by atoms with Crippen LogP contribution in [0.1, 0.15) is 15.9 Å². The number of carbonyl (C=O) groups excluding carboxylic acids is 1. The lowest BCUT2D eigenvalue weighted by atomic mass is 10.1. The Morgan fingerprint density at radius 2 is 1.86 bits per heavy atom. The molecule has 2 aromatic rings. The van der Waals surface area contributed by atoms with E-state index in [9.17, 15) is 13.6 Å². The molecule has 0 radical (unpaired) electrons. The number of benzene rings is 2. The predicted octanol–water partition coefficient (Wildman–Crippen LogP) is 3.68. The fourth-order valence-corrected chi connectivity index (χ4v) is 1.80. The maximum atomic E-state index is 14.0. The Kier molecular flexibility index (Phi) is 4.52. The van der Waals surface area contributed by atoms with Crippen molar-refractivity contribution < 1.29 is 23.0 Å². The second-order valence-electron chi connectivity index (χ2n) is 4.38. The van der Waals surface area contributed by atoms with Gasteiger partial charge in [0.15, 0.2) is 12.9 Å². The van der Waals surface area contributed by atoms with Crippen LogP contribution in [0, 0.1) is 0 Å². The first kappa shape index (κ1) is 15.0. The SMILES string of the molecule is COc1ccc(C=O)c(OCC(F)(F)c2ccccc2)c1. The summed E-state index contributed by atoms with van der Waals surface area (Å²) in [4.78, 5) is 10.9. The summed E-state index contributed by atoms with van der Waals surface area (Å²) in [6.45, 7) is -0.856. The average molecular weight is 292 g/mol. The van der Waals surface area contributed by atoms with Crippen LogP contribution >= 0.6 is 0 Å². The van der Waals surface area contributed by atoms with Crippen molar-refractivity contribution in [3.05, 3.63) is 59.7 Å². The van der Waals surface area contributed by atoms with Gasteiger partial charge in [-0.2, -0.15) is 8.78 Å². The van der Waals surface area contributed by atoms with Gasteiger partial charge in [-0.3, -0.25) is 4.79 Å². The molecule has 21 heavy (non-hydrogen) atoms. The highest BCUT2D eigenvalue weighted by molar-refractivity contribution is 5.79. The Balaban J connectivity index is 2.17.